The number of carbonyl (C=O) groups is 2. The number of hydrogen-bond acceptors (Lipinski definition) is 5. The zero-order chi connectivity index (χ0) is 17.8. The Hall–Kier alpha value is -1.89. The first kappa shape index (κ1) is 16.3. The highest BCUT2D eigenvalue weighted by molar-refractivity contribution is 5.95. The summed E-state index contributed by atoms with van der Waals surface area (Å²) in [5, 5.41) is 13.6. The Morgan fingerprint density at radius 2 is 1.81 bits per heavy atom. The molecule has 5 rings (SSSR count). The van der Waals surface area contributed by atoms with Crippen LogP contribution in [0.1, 0.15) is 66.9 Å². The van der Waals surface area contributed by atoms with Crippen molar-refractivity contribution in [3.05, 3.63) is 17.5 Å². The molecule has 2 amide bonds. The quantitative estimate of drug-likeness (QED) is 0.884. The van der Waals surface area contributed by atoms with Crippen molar-refractivity contribution >= 4 is 11.8 Å². The molecule has 2 saturated heterocycles. The van der Waals surface area contributed by atoms with E-state index in [9.17, 15) is 14.7 Å². The minimum atomic E-state index is -0.317. The summed E-state index contributed by atoms with van der Waals surface area (Å²) in [5.74, 6) is 0.502. The summed E-state index contributed by atoms with van der Waals surface area (Å²) in [7, 11) is 0. The van der Waals surface area contributed by atoms with Gasteiger partial charge in [0.2, 0.25) is 5.91 Å². The van der Waals surface area contributed by atoms with Crippen molar-refractivity contribution in [2.75, 3.05) is 13.1 Å². The predicted molar refractivity (Wildman–Crippen MR) is 91.4 cm³/mol. The molecule has 7 nitrogen and oxygen atoms in total. The average Bonchev–Trinajstić information content (AvgIpc) is 3.11. The van der Waals surface area contributed by atoms with Crippen molar-refractivity contribution in [1.29, 1.82) is 0 Å². The maximum absolute atomic E-state index is 13.1. The number of aliphatic hydroxyl groups is 1. The minimum absolute atomic E-state index is 0.00350. The third-order valence-corrected chi connectivity index (χ3v) is 6.81. The topological polar surface area (TPSA) is 86.9 Å². The van der Waals surface area contributed by atoms with E-state index in [0.29, 0.717) is 37.4 Å². The van der Waals surface area contributed by atoms with Gasteiger partial charge in [-0.3, -0.25) is 9.59 Å². The van der Waals surface area contributed by atoms with Crippen molar-refractivity contribution in [1.82, 2.24) is 15.0 Å². The Kier molecular flexibility index (Phi) is 3.81. The third kappa shape index (κ3) is 2.47. The molecule has 0 radical (unpaired) electrons. The molecule has 26 heavy (non-hydrogen) atoms. The Balaban J connectivity index is 1.29. The number of carbonyl (C=O) groups excluding carboxylic acids is 2. The summed E-state index contributed by atoms with van der Waals surface area (Å²) in [5.41, 5.74) is 1.42. The van der Waals surface area contributed by atoms with Crippen LogP contribution in [0.2, 0.25) is 0 Å². The first-order valence-electron chi connectivity index (χ1n) is 9.85. The maximum atomic E-state index is 13.1. The lowest BCUT2D eigenvalue weighted by atomic mass is 9.81. The summed E-state index contributed by atoms with van der Waals surface area (Å²) in [6.07, 6.45) is 7.59. The fraction of sp³-hybridized carbons (Fsp3) is 0.737. The van der Waals surface area contributed by atoms with Gasteiger partial charge < -0.3 is 19.4 Å². The Morgan fingerprint density at radius 1 is 1.12 bits per heavy atom. The van der Waals surface area contributed by atoms with Gasteiger partial charge in [0.1, 0.15) is 11.8 Å². The fourth-order valence-electron chi connectivity index (χ4n) is 4.98. The van der Waals surface area contributed by atoms with Gasteiger partial charge in [-0.05, 0) is 38.5 Å². The number of fused-ring (bicyclic) bond motifs is 2. The standard InChI is InChI=1S/C19H25N3O4/c23-15-6-12(7-15)18(24)22-13-4-5-14(22)9-21(8-13)19(25)16-10-26-20-17(16)11-2-1-3-11/h10-15,23H,1-9H2. The molecule has 140 valence electrons. The van der Waals surface area contributed by atoms with E-state index in [0.717, 1.165) is 31.4 Å². The molecular weight excluding hydrogens is 334 g/mol. The van der Waals surface area contributed by atoms with Crippen LogP contribution in [0.3, 0.4) is 0 Å². The zero-order valence-corrected chi connectivity index (χ0v) is 14.8. The lowest BCUT2D eigenvalue weighted by Crippen LogP contribution is -2.59. The van der Waals surface area contributed by atoms with E-state index in [-0.39, 0.29) is 35.9 Å². The first-order valence-corrected chi connectivity index (χ1v) is 9.85. The molecule has 2 saturated carbocycles. The van der Waals surface area contributed by atoms with E-state index in [2.05, 4.69) is 5.16 Å². The molecule has 1 N–H and O–H groups in total. The number of piperazine rings is 1. The lowest BCUT2D eigenvalue weighted by Gasteiger charge is -2.44. The molecule has 3 heterocycles. The van der Waals surface area contributed by atoms with Crippen LogP contribution in [0.15, 0.2) is 10.8 Å². The highest BCUT2D eigenvalue weighted by Gasteiger charge is 2.48. The van der Waals surface area contributed by atoms with Crippen LogP contribution < -0.4 is 0 Å². The molecule has 7 heteroatoms. The number of aromatic nitrogens is 1. The van der Waals surface area contributed by atoms with Gasteiger partial charge in [-0.1, -0.05) is 11.6 Å². The Morgan fingerprint density at radius 3 is 2.38 bits per heavy atom. The second kappa shape index (κ2) is 6.08. The number of likely N-dealkylation sites (tertiary alicyclic amines) is 1. The number of nitrogens with zero attached hydrogens (tertiary/aromatic N) is 3. The molecule has 0 aromatic carbocycles. The molecule has 2 aliphatic heterocycles. The van der Waals surface area contributed by atoms with Gasteiger partial charge in [0, 0.05) is 37.0 Å². The van der Waals surface area contributed by atoms with Gasteiger partial charge in [0.05, 0.1) is 11.8 Å². The van der Waals surface area contributed by atoms with Gasteiger partial charge in [0.25, 0.3) is 5.91 Å². The minimum Gasteiger partial charge on any atom is -0.393 e. The maximum Gasteiger partial charge on any atom is 0.259 e. The van der Waals surface area contributed by atoms with Gasteiger partial charge in [0.15, 0.2) is 0 Å². The highest BCUT2D eigenvalue weighted by atomic mass is 16.5. The van der Waals surface area contributed by atoms with E-state index in [1.54, 1.807) is 0 Å². The molecule has 2 atom stereocenters. The van der Waals surface area contributed by atoms with Crippen LogP contribution in [0.5, 0.6) is 0 Å². The first-order chi connectivity index (χ1) is 12.6. The summed E-state index contributed by atoms with van der Waals surface area (Å²) >= 11 is 0. The second-order valence-corrected chi connectivity index (χ2v) is 8.40. The summed E-state index contributed by atoms with van der Waals surface area (Å²) in [4.78, 5) is 29.7. The van der Waals surface area contributed by atoms with Gasteiger partial charge >= 0.3 is 0 Å². The molecule has 1 aromatic rings. The monoisotopic (exact) mass is 359 g/mol. The van der Waals surface area contributed by atoms with Crippen LogP contribution in [0.25, 0.3) is 0 Å². The Labute approximate surface area is 152 Å². The molecule has 0 spiro atoms. The van der Waals surface area contributed by atoms with Crippen molar-refractivity contribution in [3.63, 3.8) is 0 Å². The van der Waals surface area contributed by atoms with E-state index in [1.165, 1.54) is 12.7 Å². The molecule has 2 bridgehead atoms. The highest BCUT2D eigenvalue weighted by Crippen LogP contribution is 2.39. The van der Waals surface area contributed by atoms with E-state index >= 15 is 0 Å². The van der Waals surface area contributed by atoms with E-state index < -0.39 is 0 Å². The van der Waals surface area contributed by atoms with Gasteiger partial charge in [-0.15, -0.1) is 0 Å². The Bertz CT molecular complexity index is 708. The molecule has 2 unspecified atom stereocenters. The summed E-state index contributed by atoms with van der Waals surface area (Å²) < 4.78 is 5.12. The van der Waals surface area contributed by atoms with E-state index in [1.807, 2.05) is 9.80 Å². The van der Waals surface area contributed by atoms with Crippen LogP contribution in [0, 0.1) is 5.92 Å². The molecule has 4 aliphatic rings. The zero-order valence-electron chi connectivity index (χ0n) is 14.8. The largest absolute Gasteiger partial charge is 0.393 e. The third-order valence-electron chi connectivity index (χ3n) is 6.81. The van der Waals surface area contributed by atoms with E-state index in [4.69, 9.17) is 4.52 Å². The fourth-order valence-corrected chi connectivity index (χ4v) is 4.98. The summed E-state index contributed by atoms with van der Waals surface area (Å²) in [6, 6.07) is 0.213. The number of rotatable bonds is 3. The van der Waals surface area contributed by atoms with Gasteiger partial charge in [-0.25, -0.2) is 0 Å². The van der Waals surface area contributed by atoms with Crippen molar-refractivity contribution < 1.29 is 19.2 Å². The smallest absolute Gasteiger partial charge is 0.259 e. The molecule has 2 aliphatic carbocycles. The molecular formula is C19H25N3O4. The SMILES string of the molecule is O=C(c1conc1C1CCC1)N1CC2CCC(C1)N2C(=O)C1CC(O)C1. The average molecular weight is 359 g/mol. The van der Waals surface area contributed by atoms with Gasteiger partial charge in [-0.2, -0.15) is 0 Å². The second-order valence-electron chi connectivity index (χ2n) is 8.40. The van der Waals surface area contributed by atoms with Crippen LogP contribution in [-0.2, 0) is 4.79 Å². The normalized spacial score (nSPS) is 33.7. The number of aliphatic hydroxyl groups excluding tert-OH is 1. The number of amides is 2. The van der Waals surface area contributed by atoms with Crippen molar-refractivity contribution in [2.24, 2.45) is 5.92 Å². The van der Waals surface area contributed by atoms with Crippen molar-refractivity contribution in [3.8, 4) is 0 Å². The lowest BCUT2D eigenvalue weighted by molar-refractivity contribution is -0.147. The predicted octanol–water partition coefficient (Wildman–Crippen LogP) is 1.53. The molecule has 1 aromatic heterocycles. The van der Waals surface area contributed by atoms with Crippen LogP contribution in [0.4, 0.5) is 0 Å². The molecule has 4 fully saturated rings. The number of hydrogen-bond donors (Lipinski definition) is 1. The summed E-state index contributed by atoms with van der Waals surface area (Å²) in [6.45, 7) is 1.18. The van der Waals surface area contributed by atoms with Crippen LogP contribution >= 0.6 is 0 Å². The van der Waals surface area contributed by atoms with Crippen molar-refractivity contribution in [2.45, 2.75) is 69.1 Å². The van der Waals surface area contributed by atoms with Crippen LogP contribution in [-0.4, -0.2) is 63.2 Å².